The third-order valence-corrected chi connectivity index (χ3v) is 2.62. The van der Waals surface area contributed by atoms with Crippen LogP contribution in [-0.4, -0.2) is 16.6 Å². The molecular formula is C11H14BrFN2O2. The maximum absolute atomic E-state index is 13.9. The molecule has 4 nitrogen and oxygen atoms in total. The smallest absolute Gasteiger partial charge is 0.179 e. The molecule has 0 amide bonds. The van der Waals surface area contributed by atoms with Gasteiger partial charge < -0.3 is 15.7 Å². The SMILES string of the molecule is CC(C)(C)Oc1ccc(/C(N)=N/O)c(Br)c1F. The maximum atomic E-state index is 13.9. The van der Waals surface area contributed by atoms with Gasteiger partial charge in [0.25, 0.3) is 0 Å². The lowest BCUT2D eigenvalue weighted by atomic mass is 10.1. The van der Waals surface area contributed by atoms with E-state index >= 15 is 0 Å². The Kier molecular flexibility index (Phi) is 3.98. The lowest BCUT2D eigenvalue weighted by Gasteiger charge is -2.22. The second-order valence-electron chi connectivity index (χ2n) is 4.44. The summed E-state index contributed by atoms with van der Waals surface area (Å²) in [5.74, 6) is -0.638. The van der Waals surface area contributed by atoms with E-state index in [0.717, 1.165) is 0 Å². The van der Waals surface area contributed by atoms with Crippen LogP contribution in [0.2, 0.25) is 0 Å². The molecular weight excluding hydrogens is 291 g/mol. The number of benzene rings is 1. The Morgan fingerprint density at radius 2 is 2.06 bits per heavy atom. The molecule has 0 aromatic heterocycles. The summed E-state index contributed by atoms with van der Waals surface area (Å²) in [6, 6.07) is 2.96. The van der Waals surface area contributed by atoms with Gasteiger partial charge in [0.15, 0.2) is 17.4 Å². The topological polar surface area (TPSA) is 67.8 Å². The van der Waals surface area contributed by atoms with Gasteiger partial charge in [0.1, 0.15) is 5.60 Å². The molecule has 0 atom stereocenters. The summed E-state index contributed by atoms with van der Waals surface area (Å²) >= 11 is 3.05. The molecule has 0 bridgehead atoms. The van der Waals surface area contributed by atoms with Crippen LogP contribution in [0.4, 0.5) is 4.39 Å². The van der Waals surface area contributed by atoms with E-state index in [1.807, 2.05) is 20.8 Å². The van der Waals surface area contributed by atoms with E-state index in [2.05, 4.69) is 21.1 Å². The molecule has 1 rings (SSSR count). The number of hydrogen-bond acceptors (Lipinski definition) is 3. The number of oxime groups is 1. The van der Waals surface area contributed by atoms with Crippen LogP contribution in [-0.2, 0) is 0 Å². The maximum Gasteiger partial charge on any atom is 0.179 e. The van der Waals surface area contributed by atoms with Gasteiger partial charge in [-0.2, -0.15) is 0 Å². The van der Waals surface area contributed by atoms with Crippen LogP contribution in [0.3, 0.4) is 0 Å². The molecule has 0 aliphatic rings. The molecule has 1 aromatic carbocycles. The Morgan fingerprint density at radius 3 is 2.53 bits per heavy atom. The van der Waals surface area contributed by atoms with E-state index in [4.69, 9.17) is 15.7 Å². The van der Waals surface area contributed by atoms with Crippen LogP contribution >= 0.6 is 15.9 Å². The van der Waals surface area contributed by atoms with Crippen molar-refractivity contribution in [2.45, 2.75) is 26.4 Å². The predicted octanol–water partition coefficient (Wildman–Crippen LogP) is 2.86. The average molecular weight is 305 g/mol. The van der Waals surface area contributed by atoms with E-state index < -0.39 is 11.4 Å². The molecule has 0 saturated heterocycles. The molecule has 0 spiro atoms. The Bertz CT molecular complexity index is 456. The van der Waals surface area contributed by atoms with E-state index in [0.29, 0.717) is 0 Å². The first-order chi connectivity index (χ1) is 7.76. The predicted molar refractivity (Wildman–Crippen MR) is 67.0 cm³/mol. The van der Waals surface area contributed by atoms with Crippen molar-refractivity contribution in [1.29, 1.82) is 0 Å². The molecule has 17 heavy (non-hydrogen) atoms. The number of rotatable bonds is 2. The van der Waals surface area contributed by atoms with E-state index in [9.17, 15) is 4.39 Å². The highest BCUT2D eigenvalue weighted by molar-refractivity contribution is 9.10. The lowest BCUT2D eigenvalue weighted by molar-refractivity contribution is 0.124. The Balaban J connectivity index is 3.20. The second-order valence-corrected chi connectivity index (χ2v) is 5.23. The molecule has 0 fully saturated rings. The quantitative estimate of drug-likeness (QED) is 0.382. The van der Waals surface area contributed by atoms with Crippen molar-refractivity contribution in [2.75, 3.05) is 0 Å². The van der Waals surface area contributed by atoms with Crippen LogP contribution in [0.5, 0.6) is 5.75 Å². The zero-order chi connectivity index (χ0) is 13.2. The molecule has 0 saturated carbocycles. The Morgan fingerprint density at radius 1 is 1.47 bits per heavy atom. The van der Waals surface area contributed by atoms with Crippen LogP contribution in [0.1, 0.15) is 26.3 Å². The molecule has 6 heteroatoms. The van der Waals surface area contributed by atoms with Crippen molar-refractivity contribution in [3.63, 3.8) is 0 Å². The van der Waals surface area contributed by atoms with Gasteiger partial charge in [-0.3, -0.25) is 0 Å². The fraction of sp³-hybridized carbons (Fsp3) is 0.364. The first-order valence-corrected chi connectivity index (χ1v) is 5.70. The summed E-state index contributed by atoms with van der Waals surface area (Å²) < 4.78 is 19.5. The second kappa shape index (κ2) is 4.91. The molecule has 1 aromatic rings. The van der Waals surface area contributed by atoms with Crippen LogP contribution in [0.25, 0.3) is 0 Å². The summed E-state index contributed by atoms with van der Waals surface area (Å²) in [7, 11) is 0. The monoisotopic (exact) mass is 304 g/mol. The van der Waals surface area contributed by atoms with E-state index in [1.54, 1.807) is 0 Å². The van der Waals surface area contributed by atoms with Gasteiger partial charge in [0.2, 0.25) is 0 Å². The molecule has 3 N–H and O–H groups in total. The number of nitrogens with zero attached hydrogens (tertiary/aromatic N) is 1. The van der Waals surface area contributed by atoms with Crippen LogP contribution in [0, 0.1) is 5.82 Å². The van der Waals surface area contributed by atoms with Gasteiger partial charge in [0, 0.05) is 5.56 Å². The van der Waals surface area contributed by atoms with Gasteiger partial charge in [-0.05, 0) is 48.8 Å². The summed E-state index contributed by atoms with van der Waals surface area (Å²) in [4.78, 5) is 0. The molecule has 0 radical (unpaired) electrons. The van der Waals surface area contributed by atoms with Crippen molar-refractivity contribution in [3.8, 4) is 5.75 Å². The highest BCUT2D eigenvalue weighted by Crippen LogP contribution is 2.30. The number of hydrogen-bond donors (Lipinski definition) is 2. The number of ether oxygens (including phenoxy) is 1. The van der Waals surface area contributed by atoms with Gasteiger partial charge in [0.05, 0.1) is 4.47 Å². The molecule has 0 heterocycles. The number of amidine groups is 1. The lowest BCUT2D eigenvalue weighted by Crippen LogP contribution is -2.24. The van der Waals surface area contributed by atoms with Crippen molar-refractivity contribution < 1.29 is 14.3 Å². The normalized spacial score (nSPS) is 12.6. The Labute approximate surface area is 107 Å². The van der Waals surface area contributed by atoms with Crippen molar-refractivity contribution >= 4 is 21.8 Å². The molecule has 0 aliphatic heterocycles. The van der Waals surface area contributed by atoms with Gasteiger partial charge in [-0.25, -0.2) is 4.39 Å². The minimum Gasteiger partial charge on any atom is -0.485 e. The van der Waals surface area contributed by atoms with Gasteiger partial charge in [-0.15, -0.1) is 0 Å². The first kappa shape index (κ1) is 13.8. The van der Waals surface area contributed by atoms with Crippen LogP contribution in [0.15, 0.2) is 21.8 Å². The molecule has 0 unspecified atom stereocenters. The van der Waals surface area contributed by atoms with Gasteiger partial charge in [-0.1, -0.05) is 5.16 Å². The summed E-state index contributed by atoms with van der Waals surface area (Å²) in [6.45, 7) is 5.45. The highest BCUT2D eigenvalue weighted by atomic mass is 79.9. The number of nitrogens with two attached hydrogens (primary N) is 1. The Hall–Kier alpha value is -1.30. The molecule has 0 aliphatic carbocycles. The largest absolute Gasteiger partial charge is 0.485 e. The third-order valence-electron chi connectivity index (χ3n) is 1.85. The summed E-state index contributed by atoms with van der Waals surface area (Å²) in [5, 5.41) is 11.4. The first-order valence-electron chi connectivity index (χ1n) is 4.91. The molecule has 94 valence electrons. The standard InChI is InChI=1S/C11H14BrFN2O2/c1-11(2,3)17-7-5-4-6(10(14)15-16)8(12)9(7)13/h4-5,16H,1-3H3,(H2,14,15). The van der Waals surface area contributed by atoms with Crippen molar-refractivity contribution in [3.05, 3.63) is 28.0 Å². The summed E-state index contributed by atoms with van der Waals surface area (Å²) in [6.07, 6.45) is 0. The zero-order valence-corrected chi connectivity index (χ0v) is 11.4. The van der Waals surface area contributed by atoms with Gasteiger partial charge >= 0.3 is 0 Å². The van der Waals surface area contributed by atoms with Crippen molar-refractivity contribution in [2.24, 2.45) is 10.9 Å². The summed E-state index contributed by atoms with van der Waals surface area (Å²) in [5.41, 5.74) is 5.17. The van der Waals surface area contributed by atoms with Crippen LogP contribution < -0.4 is 10.5 Å². The van der Waals surface area contributed by atoms with E-state index in [-0.39, 0.29) is 21.6 Å². The fourth-order valence-electron chi connectivity index (χ4n) is 1.19. The third kappa shape index (κ3) is 3.33. The zero-order valence-electron chi connectivity index (χ0n) is 9.79. The minimum atomic E-state index is -0.580. The number of halogens is 2. The van der Waals surface area contributed by atoms with E-state index in [1.165, 1.54) is 12.1 Å². The highest BCUT2D eigenvalue weighted by Gasteiger charge is 2.19. The average Bonchev–Trinajstić information content (AvgIpc) is 2.22. The van der Waals surface area contributed by atoms with Crippen molar-refractivity contribution in [1.82, 2.24) is 0 Å². The fourth-order valence-corrected chi connectivity index (χ4v) is 1.72. The minimum absolute atomic E-state index is 0.106.